The molecule has 0 spiro atoms. The van der Waals surface area contributed by atoms with E-state index in [1.807, 2.05) is 0 Å². The Morgan fingerprint density at radius 2 is 1.73 bits per heavy atom. The van der Waals surface area contributed by atoms with Gasteiger partial charge in [-0.2, -0.15) is 13.2 Å². The molecule has 0 heterocycles. The van der Waals surface area contributed by atoms with Crippen LogP contribution in [0.1, 0.15) is 0 Å². The Morgan fingerprint density at radius 3 is 2.20 bits per heavy atom. The van der Waals surface area contributed by atoms with Gasteiger partial charge in [-0.3, -0.25) is 0 Å². The molecule has 0 aliphatic rings. The highest BCUT2D eigenvalue weighted by atomic mass is 35.5. The molecule has 0 aliphatic carbocycles. The monoisotopic (exact) mass is 237 g/mol. The first-order chi connectivity index (χ1) is 7.03. The molecule has 84 valence electrons. The fourth-order valence-electron chi connectivity index (χ4n) is 1.26. The van der Waals surface area contributed by atoms with Gasteiger partial charge < -0.3 is 4.90 Å². The Hall–Kier alpha value is -0.900. The number of benzene rings is 1. The lowest BCUT2D eigenvalue weighted by molar-refractivity contribution is -0.119. The number of rotatable bonds is 4. The van der Waals surface area contributed by atoms with Gasteiger partial charge in [-0.15, -0.1) is 11.6 Å². The van der Waals surface area contributed by atoms with Gasteiger partial charge in [0.15, 0.2) is 0 Å². The second-order valence-electron chi connectivity index (χ2n) is 3.06. The number of anilines is 1. The van der Waals surface area contributed by atoms with E-state index in [0.29, 0.717) is 5.69 Å². The smallest absolute Gasteiger partial charge is 0.361 e. The number of alkyl halides is 4. The van der Waals surface area contributed by atoms with E-state index in [0.717, 1.165) is 0 Å². The number of para-hydroxylation sites is 1. The van der Waals surface area contributed by atoms with Crippen molar-refractivity contribution in [3.8, 4) is 0 Å². The first-order valence-electron chi connectivity index (χ1n) is 4.45. The molecule has 0 bridgehead atoms. The summed E-state index contributed by atoms with van der Waals surface area (Å²) in [6, 6.07) is 8.44. The summed E-state index contributed by atoms with van der Waals surface area (Å²) >= 11 is 5.47. The van der Waals surface area contributed by atoms with Crippen LogP contribution in [0.5, 0.6) is 0 Å². The van der Waals surface area contributed by atoms with Crippen molar-refractivity contribution in [2.24, 2.45) is 0 Å². The van der Waals surface area contributed by atoms with Crippen molar-refractivity contribution in [1.82, 2.24) is 0 Å². The molecule has 1 aromatic carbocycles. The summed E-state index contributed by atoms with van der Waals surface area (Å²) in [5.41, 5.74) is 0.537. The summed E-state index contributed by atoms with van der Waals surface area (Å²) in [7, 11) is 0. The highest BCUT2D eigenvalue weighted by Gasteiger charge is 2.30. The minimum absolute atomic E-state index is 0.172. The lowest BCUT2D eigenvalue weighted by Gasteiger charge is -2.24. The van der Waals surface area contributed by atoms with E-state index in [1.165, 1.54) is 4.90 Å². The van der Waals surface area contributed by atoms with Crippen LogP contribution < -0.4 is 4.90 Å². The summed E-state index contributed by atoms with van der Waals surface area (Å²) in [5, 5.41) is 0. The summed E-state index contributed by atoms with van der Waals surface area (Å²) in [6.07, 6.45) is -4.21. The van der Waals surface area contributed by atoms with Gasteiger partial charge in [0, 0.05) is 18.1 Å². The molecular weight excluding hydrogens is 227 g/mol. The Bertz CT molecular complexity index is 286. The Balaban J connectivity index is 2.75. The van der Waals surface area contributed by atoms with E-state index in [1.54, 1.807) is 30.3 Å². The first kappa shape index (κ1) is 12.2. The summed E-state index contributed by atoms with van der Waals surface area (Å²) in [4.78, 5) is 1.22. The van der Waals surface area contributed by atoms with Gasteiger partial charge >= 0.3 is 6.18 Å². The second-order valence-corrected chi connectivity index (χ2v) is 3.44. The maximum Gasteiger partial charge on any atom is 0.405 e. The van der Waals surface area contributed by atoms with Gasteiger partial charge in [0.25, 0.3) is 0 Å². The number of nitrogens with zero attached hydrogens (tertiary/aromatic N) is 1. The van der Waals surface area contributed by atoms with Gasteiger partial charge in [-0.25, -0.2) is 0 Å². The molecule has 1 nitrogen and oxygen atoms in total. The largest absolute Gasteiger partial charge is 0.405 e. The number of hydrogen-bond donors (Lipinski definition) is 0. The molecule has 0 aliphatic heterocycles. The molecule has 0 radical (unpaired) electrons. The van der Waals surface area contributed by atoms with Crippen LogP contribution >= 0.6 is 11.6 Å². The van der Waals surface area contributed by atoms with Crippen LogP contribution in [0.15, 0.2) is 30.3 Å². The Labute approximate surface area is 91.5 Å². The summed E-state index contributed by atoms with van der Waals surface area (Å²) in [6.45, 7) is -0.783. The Morgan fingerprint density at radius 1 is 1.13 bits per heavy atom. The predicted molar refractivity (Wildman–Crippen MR) is 55.4 cm³/mol. The molecule has 0 aromatic heterocycles. The highest BCUT2D eigenvalue weighted by Crippen LogP contribution is 2.21. The van der Waals surface area contributed by atoms with Crippen LogP contribution in [-0.4, -0.2) is 25.1 Å². The van der Waals surface area contributed by atoms with Gasteiger partial charge in [0.05, 0.1) is 0 Å². The van der Waals surface area contributed by atoms with Crippen molar-refractivity contribution in [2.75, 3.05) is 23.9 Å². The van der Waals surface area contributed by atoms with Crippen LogP contribution in [-0.2, 0) is 0 Å². The van der Waals surface area contributed by atoms with Crippen LogP contribution in [0.3, 0.4) is 0 Å². The zero-order valence-electron chi connectivity index (χ0n) is 7.97. The molecule has 1 aromatic rings. The minimum Gasteiger partial charge on any atom is -0.361 e. The van der Waals surface area contributed by atoms with Crippen molar-refractivity contribution in [3.05, 3.63) is 30.3 Å². The molecule has 0 amide bonds. The summed E-state index contributed by atoms with van der Waals surface area (Å²) < 4.78 is 36.7. The third-order valence-corrected chi connectivity index (χ3v) is 2.01. The lowest BCUT2D eigenvalue weighted by atomic mass is 10.3. The number of halogens is 4. The SMILES string of the molecule is FC(F)(F)CN(CCCl)c1ccccc1. The van der Waals surface area contributed by atoms with Gasteiger partial charge in [-0.1, -0.05) is 18.2 Å². The second kappa shape index (κ2) is 5.26. The zero-order chi connectivity index (χ0) is 11.3. The van der Waals surface area contributed by atoms with Gasteiger partial charge in [0.1, 0.15) is 6.54 Å². The molecule has 0 saturated carbocycles. The molecule has 5 heteroatoms. The number of hydrogen-bond acceptors (Lipinski definition) is 1. The van der Waals surface area contributed by atoms with Gasteiger partial charge in [-0.05, 0) is 12.1 Å². The van der Waals surface area contributed by atoms with Crippen LogP contribution in [0, 0.1) is 0 Å². The first-order valence-corrected chi connectivity index (χ1v) is 4.99. The fraction of sp³-hybridized carbons (Fsp3) is 0.400. The van der Waals surface area contributed by atoms with Crippen molar-refractivity contribution >= 4 is 17.3 Å². The van der Waals surface area contributed by atoms with Crippen LogP contribution in [0.25, 0.3) is 0 Å². The van der Waals surface area contributed by atoms with Crippen molar-refractivity contribution in [2.45, 2.75) is 6.18 Å². The maximum atomic E-state index is 12.2. The third-order valence-electron chi connectivity index (χ3n) is 1.85. The fourth-order valence-corrected chi connectivity index (χ4v) is 1.46. The van der Waals surface area contributed by atoms with Crippen molar-refractivity contribution < 1.29 is 13.2 Å². The van der Waals surface area contributed by atoms with E-state index in [-0.39, 0.29) is 12.4 Å². The predicted octanol–water partition coefficient (Wildman–Crippen LogP) is 3.29. The topological polar surface area (TPSA) is 3.24 Å². The molecule has 15 heavy (non-hydrogen) atoms. The highest BCUT2D eigenvalue weighted by molar-refractivity contribution is 6.18. The molecule has 0 fully saturated rings. The van der Waals surface area contributed by atoms with Crippen LogP contribution in [0.2, 0.25) is 0 Å². The lowest BCUT2D eigenvalue weighted by Crippen LogP contribution is -2.35. The molecule has 0 atom stereocenters. The van der Waals surface area contributed by atoms with E-state index in [2.05, 4.69) is 0 Å². The summed E-state index contributed by atoms with van der Waals surface area (Å²) in [5.74, 6) is 0.172. The van der Waals surface area contributed by atoms with Gasteiger partial charge in [0.2, 0.25) is 0 Å². The Kier molecular flexibility index (Phi) is 4.27. The third kappa shape index (κ3) is 4.42. The maximum absolute atomic E-state index is 12.2. The molecular formula is C10H11ClF3N. The van der Waals surface area contributed by atoms with Crippen molar-refractivity contribution in [3.63, 3.8) is 0 Å². The zero-order valence-corrected chi connectivity index (χ0v) is 8.72. The standard InChI is InChI=1S/C10H11ClF3N/c11-6-7-15(8-10(12,13)14)9-4-2-1-3-5-9/h1-5H,6-8H2. The normalized spacial score (nSPS) is 11.5. The van der Waals surface area contributed by atoms with E-state index in [9.17, 15) is 13.2 Å². The molecule has 1 rings (SSSR count). The quantitative estimate of drug-likeness (QED) is 0.727. The van der Waals surface area contributed by atoms with E-state index < -0.39 is 12.7 Å². The molecule has 0 N–H and O–H groups in total. The van der Waals surface area contributed by atoms with E-state index >= 15 is 0 Å². The molecule has 0 unspecified atom stereocenters. The average molecular weight is 238 g/mol. The van der Waals surface area contributed by atoms with E-state index in [4.69, 9.17) is 11.6 Å². The van der Waals surface area contributed by atoms with Crippen LogP contribution in [0.4, 0.5) is 18.9 Å². The average Bonchev–Trinajstić information content (AvgIpc) is 2.17. The minimum atomic E-state index is -4.21. The molecule has 0 saturated heterocycles. The van der Waals surface area contributed by atoms with Crippen molar-refractivity contribution in [1.29, 1.82) is 0 Å².